The Labute approximate surface area is 95.0 Å². The van der Waals surface area contributed by atoms with Gasteiger partial charge in [-0.15, -0.1) is 0 Å². The van der Waals surface area contributed by atoms with E-state index in [9.17, 15) is 0 Å². The van der Waals surface area contributed by atoms with Crippen molar-refractivity contribution in [1.29, 1.82) is 0 Å². The molecule has 0 bridgehead atoms. The smallest absolute Gasteiger partial charge is 0.00670 e. The highest BCUT2D eigenvalue weighted by Gasteiger charge is 2.06. The topological polar surface area (TPSA) is 64.1 Å². The Bertz CT molecular complexity index is 107. The average molecular weight is 215 g/mol. The normalized spacial score (nSPS) is 13.0. The first kappa shape index (κ1) is 14.9. The fraction of sp³-hybridized carbons (Fsp3) is 1.00. The fourth-order valence-corrected chi connectivity index (χ4v) is 1.74. The number of unbranched alkanes of at least 4 members (excludes halogenated alkanes) is 2. The summed E-state index contributed by atoms with van der Waals surface area (Å²) < 4.78 is 0. The summed E-state index contributed by atoms with van der Waals surface area (Å²) in [5.74, 6) is 0. The van der Waals surface area contributed by atoms with Crippen LogP contribution in [0.2, 0.25) is 0 Å². The van der Waals surface area contributed by atoms with Gasteiger partial charge < -0.3 is 16.8 Å². The third-order valence-electron chi connectivity index (χ3n) is 2.73. The van der Waals surface area contributed by atoms with Crippen LogP contribution < -0.4 is 16.8 Å². The Morgan fingerprint density at radius 3 is 2.20 bits per heavy atom. The second kappa shape index (κ2) is 12.0. The molecule has 0 aliphatic rings. The summed E-state index contributed by atoms with van der Waals surface area (Å²) in [6, 6.07) is 0.683. The Morgan fingerprint density at radius 2 is 1.60 bits per heavy atom. The zero-order chi connectivity index (χ0) is 11.4. The highest BCUT2D eigenvalue weighted by molar-refractivity contribution is 4.67. The number of nitrogens with one attached hydrogen (secondary N) is 1. The zero-order valence-electron chi connectivity index (χ0n) is 10.3. The Hall–Kier alpha value is -0.120. The second-order valence-corrected chi connectivity index (χ2v) is 4.22. The summed E-state index contributed by atoms with van der Waals surface area (Å²) in [6.45, 7) is 4.92. The zero-order valence-corrected chi connectivity index (χ0v) is 10.3. The summed E-state index contributed by atoms with van der Waals surface area (Å²) in [4.78, 5) is 0. The molecular weight excluding hydrogens is 186 g/mol. The largest absolute Gasteiger partial charge is 0.330 e. The lowest BCUT2D eigenvalue weighted by atomic mass is 10.0. The van der Waals surface area contributed by atoms with Gasteiger partial charge in [-0.3, -0.25) is 0 Å². The van der Waals surface area contributed by atoms with Crippen molar-refractivity contribution in [3.8, 4) is 0 Å². The van der Waals surface area contributed by atoms with Crippen molar-refractivity contribution >= 4 is 0 Å². The van der Waals surface area contributed by atoms with Crippen molar-refractivity contribution in [3.63, 3.8) is 0 Å². The number of hydrogen-bond donors (Lipinski definition) is 3. The minimum absolute atomic E-state index is 0.683. The number of hydrogen-bond acceptors (Lipinski definition) is 3. The molecule has 0 aliphatic carbocycles. The Kier molecular flexibility index (Phi) is 11.9. The van der Waals surface area contributed by atoms with Crippen molar-refractivity contribution in [1.82, 2.24) is 5.32 Å². The van der Waals surface area contributed by atoms with Crippen LogP contribution in [0.25, 0.3) is 0 Å². The SMILES string of the molecule is CCCCC(CCCCN)NCCCN. The minimum atomic E-state index is 0.683. The summed E-state index contributed by atoms with van der Waals surface area (Å²) in [6.07, 6.45) is 8.66. The molecule has 0 amide bonds. The Morgan fingerprint density at radius 1 is 0.933 bits per heavy atom. The molecular formula is C12H29N3. The van der Waals surface area contributed by atoms with Crippen LogP contribution in [0.5, 0.6) is 0 Å². The molecule has 0 saturated heterocycles. The molecule has 15 heavy (non-hydrogen) atoms. The van der Waals surface area contributed by atoms with Crippen LogP contribution in [0.4, 0.5) is 0 Å². The molecule has 3 nitrogen and oxygen atoms in total. The molecule has 0 spiro atoms. The quantitative estimate of drug-likeness (QED) is 0.459. The van der Waals surface area contributed by atoms with Gasteiger partial charge in [-0.05, 0) is 45.3 Å². The monoisotopic (exact) mass is 215 g/mol. The molecule has 0 aromatic heterocycles. The summed E-state index contributed by atoms with van der Waals surface area (Å²) in [5, 5.41) is 3.59. The first-order valence-corrected chi connectivity index (χ1v) is 6.48. The average Bonchev–Trinajstić information content (AvgIpc) is 2.25. The van der Waals surface area contributed by atoms with Crippen LogP contribution >= 0.6 is 0 Å². The molecule has 0 saturated carbocycles. The van der Waals surface area contributed by atoms with Gasteiger partial charge in [0.1, 0.15) is 0 Å². The van der Waals surface area contributed by atoms with Crippen LogP contribution in [0.3, 0.4) is 0 Å². The van der Waals surface area contributed by atoms with E-state index in [-0.39, 0.29) is 0 Å². The first-order chi connectivity index (χ1) is 7.35. The van der Waals surface area contributed by atoms with E-state index in [4.69, 9.17) is 11.5 Å². The second-order valence-electron chi connectivity index (χ2n) is 4.22. The van der Waals surface area contributed by atoms with E-state index >= 15 is 0 Å². The Balaban J connectivity index is 3.53. The van der Waals surface area contributed by atoms with E-state index < -0.39 is 0 Å². The minimum Gasteiger partial charge on any atom is -0.330 e. The lowest BCUT2D eigenvalue weighted by Gasteiger charge is -2.18. The van der Waals surface area contributed by atoms with Gasteiger partial charge in [0.05, 0.1) is 0 Å². The van der Waals surface area contributed by atoms with Crippen molar-refractivity contribution in [2.24, 2.45) is 11.5 Å². The molecule has 5 N–H and O–H groups in total. The molecule has 92 valence electrons. The standard InChI is InChI=1S/C12H29N3/c1-2-3-7-12(8-4-5-9-13)15-11-6-10-14/h12,15H,2-11,13-14H2,1H3. The summed E-state index contributed by atoms with van der Waals surface area (Å²) in [7, 11) is 0. The van der Waals surface area contributed by atoms with Crippen molar-refractivity contribution in [2.75, 3.05) is 19.6 Å². The molecule has 0 fully saturated rings. The van der Waals surface area contributed by atoms with E-state index in [1.807, 2.05) is 0 Å². The molecule has 0 aliphatic heterocycles. The van der Waals surface area contributed by atoms with E-state index in [1.54, 1.807) is 0 Å². The summed E-state index contributed by atoms with van der Waals surface area (Å²) >= 11 is 0. The van der Waals surface area contributed by atoms with E-state index in [1.165, 1.54) is 32.1 Å². The molecule has 0 radical (unpaired) electrons. The van der Waals surface area contributed by atoms with E-state index in [0.717, 1.165) is 32.5 Å². The highest BCUT2D eigenvalue weighted by Crippen LogP contribution is 2.08. The van der Waals surface area contributed by atoms with E-state index in [0.29, 0.717) is 6.04 Å². The molecule has 1 atom stereocenters. The van der Waals surface area contributed by atoms with Gasteiger partial charge in [0.15, 0.2) is 0 Å². The van der Waals surface area contributed by atoms with Gasteiger partial charge in [0, 0.05) is 6.04 Å². The predicted octanol–water partition coefficient (Wildman–Crippen LogP) is 1.61. The molecule has 1 unspecified atom stereocenters. The van der Waals surface area contributed by atoms with Gasteiger partial charge >= 0.3 is 0 Å². The summed E-state index contributed by atoms with van der Waals surface area (Å²) in [5.41, 5.74) is 11.0. The number of nitrogens with two attached hydrogens (primary N) is 2. The maximum absolute atomic E-state index is 5.50. The van der Waals surface area contributed by atoms with Crippen LogP contribution in [0, 0.1) is 0 Å². The van der Waals surface area contributed by atoms with Crippen molar-refractivity contribution in [3.05, 3.63) is 0 Å². The van der Waals surface area contributed by atoms with Crippen LogP contribution in [0.1, 0.15) is 51.9 Å². The lowest BCUT2D eigenvalue weighted by Crippen LogP contribution is -2.31. The molecule has 0 aromatic carbocycles. The van der Waals surface area contributed by atoms with Crippen molar-refractivity contribution < 1.29 is 0 Å². The van der Waals surface area contributed by atoms with Crippen LogP contribution in [-0.4, -0.2) is 25.7 Å². The van der Waals surface area contributed by atoms with Gasteiger partial charge in [0.25, 0.3) is 0 Å². The van der Waals surface area contributed by atoms with Crippen LogP contribution in [0.15, 0.2) is 0 Å². The third kappa shape index (κ3) is 10.2. The fourth-order valence-electron chi connectivity index (χ4n) is 1.74. The maximum Gasteiger partial charge on any atom is 0.00670 e. The van der Waals surface area contributed by atoms with Crippen LogP contribution in [-0.2, 0) is 0 Å². The van der Waals surface area contributed by atoms with Gasteiger partial charge in [-0.25, -0.2) is 0 Å². The highest BCUT2D eigenvalue weighted by atomic mass is 14.9. The predicted molar refractivity (Wildman–Crippen MR) is 67.9 cm³/mol. The molecule has 0 heterocycles. The third-order valence-corrected chi connectivity index (χ3v) is 2.73. The van der Waals surface area contributed by atoms with Crippen molar-refractivity contribution in [2.45, 2.75) is 57.9 Å². The molecule has 0 rings (SSSR count). The van der Waals surface area contributed by atoms with E-state index in [2.05, 4.69) is 12.2 Å². The molecule has 0 aromatic rings. The maximum atomic E-state index is 5.50. The van der Waals surface area contributed by atoms with Gasteiger partial charge in [-0.2, -0.15) is 0 Å². The van der Waals surface area contributed by atoms with Gasteiger partial charge in [0.2, 0.25) is 0 Å². The first-order valence-electron chi connectivity index (χ1n) is 6.48. The molecule has 3 heteroatoms. The lowest BCUT2D eigenvalue weighted by molar-refractivity contribution is 0.423. The van der Waals surface area contributed by atoms with Gasteiger partial charge in [-0.1, -0.05) is 26.2 Å². The number of rotatable bonds is 11.